The van der Waals surface area contributed by atoms with Crippen LogP contribution in [0.25, 0.3) is 22.0 Å². The van der Waals surface area contributed by atoms with Gasteiger partial charge >= 0.3 is 0 Å². The first-order valence-corrected chi connectivity index (χ1v) is 9.28. The fourth-order valence-corrected chi connectivity index (χ4v) is 3.22. The maximum absolute atomic E-state index is 12.9. The van der Waals surface area contributed by atoms with E-state index in [0.717, 1.165) is 10.2 Å². The Labute approximate surface area is 172 Å². The van der Waals surface area contributed by atoms with Gasteiger partial charge in [-0.3, -0.25) is 9.59 Å². The number of aromatic nitrogens is 2. The second kappa shape index (κ2) is 8.08. The summed E-state index contributed by atoms with van der Waals surface area (Å²) in [5.74, 6) is 0.323. The summed E-state index contributed by atoms with van der Waals surface area (Å²) in [6, 6.07) is 20.7. The molecule has 0 unspecified atom stereocenters. The highest BCUT2D eigenvalue weighted by atomic mass is 16.5. The SMILES string of the molecule is COc1ccc(-c2nn(CC(=O)Nc3cccc(O)c3)c(=O)c3ccccc23)cc1. The van der Waals surface area contributed by atoms with Crippen molar-refractivity contribution in [2.75, 3.05) is 12.4 Å². The standard InChI is InChI=1S/C23H19N3O4/c1-30-18-11-9-15(10-12-18)22-19-7-2-3-8-20(19)23(29)26(25-22)14-21(28)24-16-5-4-6-17(27)13-16/h2-13,27H,14H2,1H3,(H,24,28). The Bertz CT molecular complexity index is 1280. The Morgan fingerprint density at radius 2 is 1.77 bits per heavy atom. The number of nitrogens with zero attached hydrogens (tertiary/aromatic N) is 2. The van der Waals surface area contributed by atoms with Gasteiger partial charge in [0.25, 0.3) is 5.56 Å². The van der Waals surface area contributed by atoms with E-state index >= 15 is 0 Å². The lowest BCUT2D eigenvalue weighted by molar-refractivity contribution is -0.117. The number of ether oxygens (including phenoxy) is 1. The molecule has 30 heavy (non-hydrogen) atoms. The van der Waals surface area contributed by atoms with Crippen molar-refractivity contribution >= 4 is 22.4 Å². The van der Waals surface area contributed by atoms with Crippen molar-refractivity contribution in [1.82, 2.24) is 9.78 Å². The van der Waals surface area contributed by atoms with Crippen molar-refractivity contribution in [3.8, 4) is 22.8 Å². The summed E-state index contributed by atoms with van der Waals surface area (Å²) >= 11 is 0. The molecule has 0 saturated heterocycles. The molecule has 4 rings (SSSR count). The van der Waals surface area contributed by atoms with Gasteiger partial charge in [0, 0.05) is 22.7 Å². The van der Waals surface area contributed by atoms with E-state index in [9.17, 15) is 14.7 Å². The zero-order valence-corrected chi connectivity index (χ0v) is 16.2. The third kappa shape index (κ3) is 3.86. The van der Waals surface area contributed by atoms with Crippen LogP contribution in [-0.2, 0) is 11.3 Å². The minimum Gasteiger partial charge on any atom is -0.508 e. The van der Waals surface area contributed by atoms with Crippen LogP contribution < -0.4 is 15.6 Å². The van der Waals surface area contributed by atoms with E-state index < -0.39 is 5.91 Å². The lowest BCUT2D eigenvalue weighted by atomic mass is 10.0. The number of amides is 1. The van der Waals surface area contributed by atoms with Crippen LogP contribution in [0.3, 0.4) is 0 Å². The summed E-state index contributed by atoms with van der Waals surface area (Å²) in [6.45, 7) is -0.261. The Balaban J connectivity index is 1.73. The van der Waals surface area contributed by atoms with E-state index in [4.69, 9.17) is 4.74 Å². The van der Waals surface area contributed by atoms with Gasteiger partial charge in [-0.05, 0) is 42.5 Å². The van der Waals surface area contributed by atoms with E-state index in [1.807, 2.05) is 36.4 Å². The molecule has 0 atom stereocenters. The maximum atomic E-state index is 12.9. The molecule has 7 nitrogen and oxygen atoms in total. The summed E-state index contributed by atoms with van der Waals surface area (Å²) in [5.41, 5.74) is 1.48. The summed E-state index contributed by atoms with van der Waals surface area (Å²) in [4.78, 5) is 25.4. The number of fused-ring (bicyclic) bond motifs is 1. The number of benzene rings is 3. The molecular formula is C23H19N3O4. The summed E-state index contributed by atoms with van der Waals surface area (Å²) in [7, 11) is 1.59. The van der Waals surface area contributed by atoms with E-state index in [1.54, 1.807) is 31.4 Å². The number of phenolic OH excluding ortho intramolecular Hbond substituents is 1. The normalized spacial score (nSPS) is 10.7. The van der Waals surface area contributed by atoms with E-state index in [2.05, 4.69) is 10.4 Å². The number of nitrogens with one attached hydrogen (secondary N) is 1. The molecule has 3 aromatic carbocycles. The predicted octanol–water partition coefficient (Wildman–Crippen LogP) is 3.42. The lowest BCUT2D eigenvalue weighted by Crippen LogP contribution is -2.30. The monoisotopic (exact) mass is 401 g/mol. The number of hydrogen-bond donors (Lipinski definition) is 2. The zero-order chi connectivity index (χ0) is 21.1. The largest absolute Gasteiger partial charge is 0.508 e. The fraction of sp³-hybridized carbons (Fsp3) is 0.0870. The Hall–Kier alpha value is -4.13. The van der Waals surface area contributed by atoms with Gasteiger partial charge < -0.3 is 15.2 Å². The first-order chi connectivity index (χ1) is 14.5. The van der Waals surface area contributed by atoms with E-state index in [0.29, 0.717) is 27.9 Å². The molecule has 1 heterocycles. The van der Waals surface area contributed by atoms with Gasteiger partial charge in [0.05, 0.1) is 18.2 Å². The van der Waals surface area contributed by atoms with Crippen molar-refractivity contribution in [3.05, 3.63) is 83.2 Å². The molecule has 0 aliphatic rings. The van der Waals surface area contributed by atoms with Crippen LogP contribution in [0.5, 0.6) is 11.5 Å². The number of methoxy groups -OCH3 is 1. The number of carbonyl (C=O) groups excluding carboxylic acids is 1. The molecule has 0 bridgehead atoms. The molecule has 1 aromatic heterocycles. The second-order valence-corrected chi connectivity index (χ2v) is 6.68. The second-order valence-electron chi connectivity index (χ2n) is 6.68. The van der Waals surface area contributed by atoms with Crippen LogP contribution in [0.1, 0.15) is 0 Å². The smallest absolute Gasteiger partial charge is 0.275 e. The number of rotatable bonds is 5. The van der Waals surface area contributed by atoms with Gasteiger partial charge in [0.1, 0.15) is 18.0 Å². The zero-order valence-electron chi connectivity index (χ0n) is 16.2. The molecule has 7 heteroatoms. The molecule has 0 aliphatic heterocycles. The van der Waals surface area contributed by atoms with Crippen molar-refractivity contribution in [3.63, 3.8) is 0 Å². The van der Waals surface area contributed by atoms with E-state index in [1.165, 1.54) is 12.1 Å². The van der Waals surface area contributed by atoms with Gasteiger partial charge in [-0.1, -0.05) is 24.3 Å². The molecule has 2 N–H and O–H groups in total. The minimum absolute atomic E-state index is 0.0376. The van der Waals surface area contributed by atoms with Crippen molar-refractivity contribution < 1.29 is 14.6 Å². The average Bonchev–Trinajstić information content (AvgIpc) is 2.76. The number of hydrogen-bond acceptors (Lipinski definition) is 5. The summed E-state index contributed by atoms with van der Waals surface area (Å²) < 4.78 is 6.36. The molecule has 0 radical (unpaired) electrons. The Morgan fingerprint density at radius 3 is 2.47 bits per heavy atom. The summed E-state index contributed by atoms with van der Waals surface area (Å²) in [5, 5.41) is 17.9. The van der Waals surface area contributed by atoms with Crippen LogP contribution in [0.2, 0.25) is 0 Å². The van der Waals surface area contributed by atoms with Crippen LogP contribution in [0.4, 0.5) is 5.69 Å². The molecular weight excluding hydrogens is 382 g/mol. The molecule has 0 saturated carbocycles. The molecule has 1 amide bonds. The van der Waals surface area contributed by atoms with Crippen LogP contribution in [-0.4, -0.2) is 27.9 Å². The van der Waals surface area contributed by atoms with Gasteiger partial charge in [0.2, 0.25) is 5.91 Å². The van der Waals surface area contributed by atoms with Crippen LogP contribution >= 0.6 is 0 Å². The first kappa shape index (κ1) is 19.2. The third-order valence-electron chi connectivity index (χ3n) is 4.65. The van der Waals surface area contributed by atoms with Crippen molar-refractivity contribution in [2.45, 2.75) is 6.54 Å². The molecule has 0 aliphatic carbocycles. The highest BCUT2D eigenvalue weighted by Gasteiger charge is 2.14. The third-order valence-corrected chi connectivity index (χ3v) is 4.65. The van der Waals surface area contributed by atoms with Gasteiger partial charge in [-0.15, -0.1) is 0 Å². The maximum Gasteiger partial charge on any atom is 0.275 e. The molecule has 0 spiro atoms. The quantitative estimate of drug-likeness (QED) is 0.535. The number of phenols is 1. The van der Waals surface area contributed by atoms with Gasteiger partial charge in [-0.25, -0.2) is 4.68 Å². The fourth-order valence-electron chi connectivity index (χ4n) is 3.22. The highest BCUT2D eigenvalue weighted by Crippen LogP contribution is 2.26. The van der Waals surface area contributed by atoms with Crippen molar-refractivity contribution in [1.29, 1.82) is 0 Å². The first-order valence-electron chi connectivity index (χ1n) is 9.28. The minimum atomic E-state index is -0.425. The van der Waals surface area contributed by atoms with Crippen molar-refractivity contribution in [2.24, 2.45) is 0 Å². The van der Waals surface area contributed by atoms with Gasteiger partial charge in [0.15, 0.2) is 0 Å². The molecule has 0 fully saturated rings. The Kier molecular flexibility index (Phi) is 5.17. The average molecular weight is 401 g/mol. The number of aromatic hydroxyl groups is 1. The highest BCUT2D eigenvalue weighted by molar-refractivity contribution is 5.94. The van der Waals surface area contributed by atoms with Gasteiger partial charge in [-0.2, -0.15) is 5.10 Å². The Morgan fingerprint density at radius 1 is 1.03 bits per heavy atom. The number of carbonyl (C=O) groups is 1. The van der Waals surface area contributed by atoms with Crippen LogP contribution in [0.15, 0.2) is 77.6 Å². The van der Waals surface area contributed by atoms with Crippen LogP contribution in [0, 0.1) is 0 Å². The predicted molar refractivity (Wildman–Crippen MR) is 115 cm³/mol. The lowest BCUT2D eigenvalue weighted by Gasteiger charge is -2.12. The molecule has 4 aromatic rings. The van der Waals surface area contributed by atoms with E-state index in [-0.39, 0.29) is 17.9 Å². The molecule has 150 valence electrons. The number of anilines is 1. The topological polar surface area (TPSA) is 93.5 Å². The summed E-state index contributed by atoms with van der Waals surface area (Å²) in [6.07, 6.45) is 0.